The second-order valence-corrected chi connectivity index (χ2v) is 6.03. The van der Waals surface area contributed by atoms with E-state index in [2.05, 4.69) is 15.3 Å². The van der Waals surface area contributed by atoms with Crippen molar-refractivity contribution in [2.45, 2.75) is 44.1 Å². The molecule has 0 saturated heterocycles. The quantitative estimate of drug-likeness (QED) is 0.591. The Balaban J connectivity index is 2.15. The third-order valence-corrected chi connectivity index (χ3v) is 4.12. The number of nitrogens with zero attached hydrogens (tertiary/aromatic N) is 2. The summed E-state index contributed by atoms with van der Waals surface area (Å²) in [6.07, 6.45) is 2.97. The van der Waals surface area contributed by atoms with Gasteiger partial charge in [-0.2, -0.15) is 0 Å². The first-order valence-corrected chi connectivity index (χ1v) is 8.02. The molecule has 0 radical (unpaired) electrons. The van der Waals surface area contributed by atoms with E-state index >= 15 is 0 Å². The molecule has 1 fully saturated rings. The Bertz CT molecular complexity index is 559. The highest BCUT2D eigenvalue weighted by Crippen LogP contribution is 2.39. The summed E-state index contributed by atoms with van der Waals surface area (Å²) in [5, 5.41) is 12.5. The summed E-state index contributed by atoms with van der Waals surface area (Å²) < 4.78 is 0. The Morgan fingerprint density at radius 1 is 1.38 bits per heavy atom. The molecular weight excluding hydrogens is 290 g/mol. The number of aromatic carboxylic acids is 1. The number of carbonyl (C=O) groups excluding carboxylic acids is 1. The number of aromatic nitrogens is 2. The number of amides is 1. The highest BCUT2D eigenvalue weighted by Gasteiger charge is 2.29. The maximum Gasteiger partial charge on any atom is 0.340 e. The van der Waals surface area contributed by atoms with Gasteiger partial charge < -0.3 is 10.4 Å². The van der Waals surface area contributed by atoms with Crippen molar-refractivity contribution in [2.24, 2.45) is 0 Å². The smallest absolute Gasteiger partial charge is 0.340 e. The normalized spacial score (nSPS) is 14.0. The van der Waals surface area contributed by atoms with Gasteiger partial charge >= 0.3 is 5.97 Å². The maximum atomic E-state index is 11.6. The molecule has 0 bridgehead atoms. The Hall–Kier alpha value is -1.63. The molecule has 114 valence electrons. The van der Waals surface area contributed by atoms with Gasteiger partial charge in [0.15, 0.2) is 0 Å². The number of carbonyl (C=O) groups is 2. The van der Waals surface area contributed by atoms with E-state index in [4.69, 9.17) is 0 Å². The van der Waals surface area contributed by atoms with Crippen LogP contribution in [0.5, 0.6) is 0 Å². The third kappa shape index (κ3) is 4.17. The summed E-state index contributed by atoms with van der Waals surface area (Å²) in [7, 11) is 0. The van der Waals surface area contributed by atoms with Crippen molar-refractivity contribution in [3.05, 3.63) is 17.1 Å². The number of rotatable bonds is 7. The molecule has 7 heteroatoms. The van der Waals surface area contributed by atoms with Crippen molar-refractivity contribution in [1.29, 1.82) is 0 Å². The van der Waals surface area contributed by atoms with Crippen molar-refractivity contribution in [1.82, 2.24) is 15.3 Å². The average Bonchev–Trinajstić information content (AvgIpc) is 3.26. The van der Waals surface area contributed by atoms with Gasteiger partial charge in [-0.1, -0.05) is 18.7 Å². The van der Waals surface area contributed by atoms with E-state index in [1.807, 2.05) is 6.92 Å². The predicted molar refractivity (Wildman–Crippen MR) is 79.7 cm³/mol. The van der Waals surface area contributed by atoms with Crippen molar-refractivity contribution >= 4 is 23.6 Å². The average molecular weight is 309 g/mol. The molecule has 1 amide bonds. The molecule has 6 nitrogen and oxygen atoms in total. The minimum Gasteiger partial charge on any atom is -0.478 e. The number of carboxylic acid groups (broad SMARTS) is 1. The SMILES string of the molecule is CCCNC(=O)CSc1nc(C2CC2)nc(C)c1C(=O)O. The van der Waals surface area contributed by atoms with Crippen molar-refractivity contribution in [3.8, 4) is 0 Å². The molecule has 1 aromatic heterocycles. The van der Waals surface area contributed by atoms with Gasteiger partial charge in [-0.25, -0.2) is 14.8 Å². The lowest BCUT2D eigenvalue weighted by Gasteiger charge is -2.10. The van der Waals surface area contributed by atoms with Crippen LogP contribution in [0.25, 0.3) is 0 Å². The zero-order valence-corrected chi connectivity index (χ0v) is 13.0. The second kappa shape index (κ2) is 6.89. The van der Waals surface area contributed by atoms with Crippen molar-refractivity contribution < 1.29 is 14.7 Å². The second-order valence-electron chi connectivity index (χ2n) is 5.07. The molecule has 2 N–H and O–H groups in total. The first-order chi connectivity index (χ1) is 10.0. The van der Waals surface area contributed by atoms with E-state index in [1.54, 1.807) is 6.92 Å². The highest BCUT2D eigenvalue weighted by molar-refractivity contribution is 8.00. The fourth-order valence-electron chi connectivity index (χ4n) is 1.89. The van der Waals surface area contributed by atoms with Gasteiger partial charge in [-0.15, -0.1) is 0 Å². The van der Waals surface area contributed by atoms with Gasteiger partial charge in [0, 0.05) is 12.5 Å². The van der Waals surface area contributed by atoms with Crippen LogP contribution in [-0.2, 0) is 4.79 Å². The zero-order valence-electron chi connectivity index (χ0n) is 12.2. The fourth-order valence-corrected chi connectivity index (χ4v) is 2.80. The predicted octanol–water partition coefficient (Wildman–Crippen LogP) is 1.98. The van der Waals surface area contributed by atoms with Crippen LogP contribution in [0.4, 0.5) is 0 Å². The van der Waals surface area contributed by atoms with Crippen LogP contribution in [0, 0.1) is 6.92 Å². The lowest BCUT2D eigenvalue weighted by Crippen LogP contribution is -2.26. The summed E-state index contributed by atoms with van der Waals surface area (Å²) in [6, 6.07) is 0. The lowest BCUT2D eigenvalue weighted by molar-refractivity contribution is -0.118. The maximum absolute atomic E-state index is 11.6. The number of hydrogen-bond acceptors (Lipinski definition) is 5. The molecule has 1 saturated carbocycles. The van der Waals surface area contributed by atoms with Gasteiger partial charge in [0.25, 0.3) is 0 Å². The standard InChI is InChI=1S/C14H19N3O3S/c1-3-6-15-10(18)7-21-13-11(14(19)20)8(2)16-12(17-13)9-4-5-9/h9H,3-7H2,1-2H3,(H,15,18)(H,19,20). The summed E-state index contributed by atoms with van der Waals surface area (Å²) in [5.41, 5.74) is 0.573. The van der Waals surface area contributed by atoms with Crippen LogP contribution >= 0.6 is 11.8 Å². The van der Waals surface area contributed by atoms with Crippen LogP contribution < -0.4 is 5.32 Å². The summed E-state index contributed by atoms with van der Waals surface area (Å²) in [6.45, 7) is 4.28. The van der Waals surface area contributed by atoms with Crippen LogP contribution in [0.2, 0.25) is 0 Å². The molecule has 0 aliphatic heterocycles. The molecule has 2 rings (SSSR count). The van der Waals surface area contributed by atoms with Gasteiger partial charge in [-0.3, -0.25) is 4.79 Å². The van der Waals surface area contributed by atoms with E-state index < -0.39 is 5.97 Å². The third-order valence-electron chi connectivity index (χ3n) is 3.14. The van der Waals surface area contributed by atoms with E-state index in [-0.39, 0.29) is 17.2 Å². The van der Waals surface area contributed by atoms with Gasteiger partial charge in [-0.05, 0) is 26.2 Å². The van der Waals surface area contributed by atoms with Crippen LogP contribution in [-0.4, -0.2) is 39.2 Å². The van der Waals surface area contributed by atoms with Crippen LogP contribution in [0.3, 0.4) is 0 Å². The van der Waals surface area contributed by atoms with E-state index in [9.17, 15) is 14.7 Å². The first kappa shape index (κ1) is 15.8. The monoisotopic (exact) mass is 309 g/mol. The van der Waals surface area contributed by atoms with Crippen molar-refractivity contribution in [2.75, 3.05) is 12.3 Å². The number of hydrogen-bond donors (Lipinski definition) is 2. The van der Waals surface area contributed by atoms with Crippen LogP contribution in [0.1, 0.15) is 54.0 Å². The fraction of sp³-hybridized carbons (Fsp3) is 0.571. The molecule has 0 unspecified atom stereocenters. The van der Waals surface area contributed by atoms with Crippen LogP contribution in [0.15, 0.2) is 5.03 Å². The molecule has 0 spiro atoms. The topological polar surface area (TPSA) is 92.2 Å². The van der Waals surface area contributed by atoms with Gasteiger partial charge in [0.05, 0.1) is 11.4 Å². The molecule has 0 atom stereocenters. The zero-order chi connectivity index (χ0) is 15.4. The summed E-state index contributed by atoms with van der Waals surface area (Å²) >= 11 is 1.16. The van der Waals surface area contributed by atoms with Crippen molar-refractivity contribution in [3.63, 3.8) is 0 Å². The highest BCUT2D eigenvalue weighted by atomic mass is 32.2. The molecular formula is C14H19N3O3S. The number of aryl methyl sites for hydroxylation is 1. The number of nitrogens with one attached hydrogen (secondary N) is 1. The summed E-state index contributed by atoms with van der Waals surface area (Å²) in [4.78, 5) is 31.7. The minimum absolute atomic E-state index is 0.104. The Morgan fingerprint density at radius 2 is 2.10 bits per heavy atom. The molecule has 0 aromatic carbocycles. The Labute approximate surface area is 127 Å². The van der Waals surface area contributed by atoms with E-state index in [0.29, 0.717) is 29.0 Å². The Kier molecular flexibility index (Phi) is 5.17. The molecule has 1 aliphatic rings. The number of carboxylic acids is 1. The molecule has 1 heterocycles. The summed E-state index contributed by atoms with van der Waals surface area (Å²) in [5.74, 6) is 0.0587. The van der Waals surface area contributed by atoms with Gasteiger partial charge in [0.2, 0.25) is 5.91 Å². The molecule has 21 heavy (non-hydrogen) atoms. The number of thioether (sulfide) groups is 1. The first-order valence-electron chi connectivity index (χ1n) is 7.04. The van der Waals surface area contributed by atoms with E-state index in [1.165, 1.54) is 0 Å². The van der Waals surface area contributed by atoms with E-state index in [0.717, 1.165) is 31.0 Å². The largest absolute Gasteiger partial charge is 0.478 e. The lowest BCUT2D eigenvalue weighted by atomic mass is 10.2. The molecule has 1 aromatic rings. The van der Waals surface area contributed by atoms with Gasteiger partial charge in [0.1, 0.15) is 16.4 Å². The minimum atomic E-state index is -1.05. The Morgan fingerprint density at radius 3 is 2.67 bits per heavy atom. The molecule has 1 aliphatic carbocycles.